The molecular formula is C32H36ClFN6O6S2. The van der Waals surface area contributed by atoms with Gasteiger partial charge in [-0.2, -0.15) is 9.40 Å². The Labute approximate surface area is 287 Å². The first-order valence-electron chi connectivity index (χ1n) is 15.5. The summed E-state index contributed by atoms with van der Waals surface area (Å²) in [6, 6.07) is 2.92. The molecule has 1 atom stereocenters. The van der Waals surface area contributed by atoms with Crippen LogP contribution < -0.4 is 5.32 Å². The van der Waals surface area contributed by atoms with Crippen molar-refractivity contribution in [2.24, 2.45) is 16.8 Å². The van der Waals surface area contributed by atoms with E-state index >= 15 is 0 Å². The third-order valence-corrected chi connectivity index (χ3v) is 11.6. The van der Waals surface area contributed by atoms with Crippen LogP contribution in [0.15, 0.2) is 63.3 Å². The largest absolute Gasteiger partial charge is 0.466 e. The summed E-state index contributed by atoms with van der Waals surface area (Å²) in [7, 11) is -2.60. The molecule has 0 bridgehead atoms. The van der Waals surface area contributed by atoms with E-state index in [9.17, 15) is 22.4 Å². The number of aliphatic imine (C=N–C) groups is 1. The Balaban J connectivity index is 1.20. The number of rotatable bonds is 8. The zero-order valence-electron chi connectivity index (χ0n) is 26.9. The zero-order chi connectivity index (χ0) is 34.4. The SMILES string of the molecule is COC(=O)C1=C(C2CCN(S(=O)(=O)c3cnn(C4CC(C(=O)OC(C)(C)C)C4)c3)CC2)NC(c2nccs2)=NC1c1ccc(F)cc1Cl. The Morgan fingerprint density at radius 3 is 2.52 bits per heavy atom. The van der Waals surface area contributed by atoms with Crippen molar-refractivity contribution in [3.05, 3.63) is 74.9 Å². The van der Waals surface area contributed by atoms with Gasteiger partial charge in [0.15, 0.2) is 10.8 Å². The van der Waals surface area contributed by atoms with E-state index in [2.05, 4.69) is 15.4 Å². The zero-order valence-corrected chi connectivity index (χ0v) is 29.2. The van der Waals surface area contributed by atoms with Gasteiger partial charge in [-0.3, -0.25) is 14.5 Å². The molecular weight excluding hydrogens is 683 g/mol. The van der Waals surface area contributed by atoms with Gasteiger partial charge >= 0.3 is 11.9 Å². The number of sulfonamides is 1. The quantitative estimate of drug-likeness (QED) is 0.317. The van der Waals surface area contributed by atoms with E-state index in [0.717, 1.165) is 0 Å². The van der Waals surface area contributed by atoms with Crippen molar-refractivity contribution in [2.45, 2.75) is 69.0 Å². The molecule has 2 aromatic heterocycles. The second-order valence-corrected chi connectivity index (χ2v) is 16.3. The van der Waals surface area contributed by atoms with Gasteiger partial charge in [0.05, 0.1) is 30.8 Å². The Bertz CT molecular complexity index is 1870. The molecule has 1 saturated heterocycles. The number of benzene rings is 1. The van der Waals surface area contributed by atoms with Gasteiger partial charge in [0.1, 0.15) is 22.4 Å². The van der Waals surface area contributed by atoms with Gasteiger partial charge in [0, 0.05) is 53.1 Å². The van der Waals surface area contributed by atoms with Crippen LogP contribution in [-0.4, -0.2) is 71.1 Å². The van der Waals surface area contributed by atoms with Crippen LogP contribution >= 0.6 is 22.9 Å². The predicted octanol–water partition coefficient (Wildman–Crippen LogP) is 5.04. The summed E-state index contributed by atoms with van der Waals surface area (Å²) in [5.74, 6) is -1.49. The van der Waals surface area contributed by atoms with Crippen LogP contribution in [0.1, 0.15) is 69.1 Å². The van der Waals surface area contributed by atoms with Crippen LogP contribution in [0.4, 0.5) is 4.39 Å². The molecule has 4 heterocycles. The first kappa shape index (κ1) is 34.2. The molecule has 1 aromatic carbocycles. The van der Waals surface area contributed by atoms with E-state index in [1.165, 1.54) is 53.3 Å². The second-order valence-electron chi connectivity index (χ2n) is 13.0. The third-order valence-electron chi connectivity index (χ3n) is 8.68. The average molecular weight is 719 g/mol. The molecule has 3 aliphatic rings. The van der Waals surface area contributed by atoms with Gasteiger partial charge in [-0.15, -0.1) is 11.3 Å². The van der Waals surface area contributed by atoms with Gasteiger partial charge in [-0.1, -0.05) is 17.7 Å². The highest BCUT2D eigenvalue weighted by Crippen LogP contribution is 2.41. The van der Waals surface area contributed by atoms with Gasteiger partial charge in [0.25, 0.3) is 0 Å². The lowest BCUT2D eigenvalue weighted by atomic mass is 9.80. The molecule has 1 unspecified atom stereocenters. The number of esters is 2. The highest BCUT2D eigenvalue weighted by atomic mass is 35.5. The number of ether oxygens (including phenoxy) is 2. The molecule has 2 aliphatic heterocycles. The van der Waals surface area contributed by atoms with Crippen LogP contribution in [0.25, 0.3) is 0 Å². The number of amidine groups is 1. The molecule has 1 N–H and O–H groups in total. The Morgan fingerprint density at radius 2 is 1.90 bits per heavy atom. The first-order valence-corrected chi connectivity index (χ1v) is 18.2. The minimum absolute atomic E-state index is 0.0797. The molecule has 48 heavy (non-hydrogen) atoms. The lowest BCUT2D eigenvalue weighted by Crippen LogP contribution is -2.43. The van der Waals surface area contributed by atoms with Crippen molar-refractivity contribution in [1.82, 2.24) is 24.4 Å². The highest BCUT2D eigenvalue weighted by Gasteiger charge is 2.41. The topological polar surface area (TPSA) is 145 Å². The van der Waals surface area contributed by atoms with E-state index < -0.39 is 33.5 Å². The smallest absolute Gasteiger partial charge is 0.338 e. The number of carbonyl (C=O) groups excluding carboxylic acids is 2. The number of piperidine rings is 1. The summed E-state index contributed by atoms with van der Waals surface area (Å²) >= 11 is 7.83. The Hall–Kier alpha value is -3.66. The Kier molecular flexibility index (Phi) is 9.50. The number of hydrogen-bond acceptors (Lipinski definition) is 11. The van der Waals surface area contributed by atoms with Gasteiger partial charge in [-0.25, -0.2) is 22.6 Å². The third kappa shape index (κ3) is 6.91. The normalized spacial score (nSPS) is 22.5. The first-order chi connectivity index (χ1) is 22.7. The number of halogens is 2. The van der Waals surface area contributed by atoms with Gasteiger partial charge < -0.3 is 14.8 Å². The minimum atomic E-state index is -3.87. The van der Waals surface area contributed by atoms with Crippen LogP contribution in [-0.2, 0) is 29.1 Å². The maximum absolute atomic E-state index is 14.0. The van der Waals surface area contributed by atoms with Crippen molar-refractivity contribution in [2.75, 3.05) is 20.2 Å². The fourth-order valence-corrected chi connectivity index (χ4v) is 8.46. The summed E-state index contributed by atoms with van der Waals surface area (Å²) in [5.41, 5.74) is 0.621. The van der Waals surface area contributed by atoms with Crippen molar-refractivity contribution in [3.63, 3.8) is 0 Å². The molecule has 16 heteroatoms. The van der Waals surface area contributed by atoms with Crippen LogP contribution in [0.2, 0.25) is 5.02 Å². The molecule has 3 aromatic rings. The number of nitrogens with zero attached hydrogens (tertiary/aromatic N) is 5. The number of aromatic nitrogens is 3. The molecule has 12 nitrogen and oxygen atoms in total. The summed E-state index contributed by atoms with van der Waals surface area (Å²) < 4.78 is 55.1. The number of nitrogens with one attached hydrogen (secondary N) is 1. The van der Waals surface area contributed by atoms with Crippen molar-refractivity contribution in [3.8, 4) is 0 Å². The summed E-state index contributed by atoms with van der Waals surface area (Å²) in [4.78, 5) is 34.9. The molecule has 256 valence electrons. The predicted molar refractivity (Wildman–Crippen MR) is 176 cm³/mol. The maximum atomic E-state index is 14.0. The van der Waals surface area contributed by atoms with Gasteiger partial charge in [-0.05, 0) is 58.6 Å². The monoisotopic (exact) mass is 718 g/mol. The van der Waals surface area contributed by atoms with Crippen LogP contribution in [0, 0.1) is 17.7 Å². The van der Waals surface area contributed by atoms with Crippen LogP contribution in [0.5, 0.6) is 0 Å². The van der Waals surface area contributed by atoms with E-state index in [1.807, 2.05) is 20.8 Å². The van der Waals surface area contributed by atoms with E-state index in [0.29, 0.717) is 47.8 Å². The van der Waals surface area contributed by atoms with Crippen molar-refractivity contribution < 1.29 is 31.9 Å². The lowest BCUT2D eigenvalue weighted by molar-refractivity contribution is -0.164. The number of thiazole rings is 1. The van der Waals surface area contributed by atoms with Crippen molar-refractivity contribution >= 4 is 50.7 Å². The molecule has 6 rings (SSSR count). The standard InChI is InChI=1S/C32H36ClFN6O6S2/c1-32(2,3)46-30(41)19-13-21(14-19)40-17-22(16-36-40)48(43,44)39-10-7-18(8-11-39)26-25(31(42)45-4)27(23-6-5-20(34)15-24(23)33)38-28(37-26)29-35-9-12-47-29/h5-6,9,12,15-19,21,27H,7-8,10-11,13-14H2,1-4H3,(H,37,38). The lowest BCUT2D eigenvalue weighted by Gasteiger charge is -2.36. The highest BCUT2D eigenvalue weighted by molar-refractivity contribution is 7.89. The number of carbonyl (C=O) groups is 2. The summed E-state index contributed by atoms with van der Waals surface area (Å²) in [6.45, 7) is 5.85. The minimum Gasteiger partial charge on any atom is -0.466 e. The fraction of sp³-hybridized carbons (Fsp3) is 0.469. The maximum Gasteiger partial charge on any atom is 0.338 e. The number of hydrogen-bond donors (Lipinski definition) is 1. The molecule has 0 radical (unpaired) electrons. The average Bonchev–Trinajstić information content (AvgIpc) is 3.72. The van der Waals surface area contributed by atoms with Crippen LogP contribution in [0.3, 0.4) is 0 Å². The molecule has 1 saturated carbocycles. The summed E-state index contributed by atoms with van der Waals surface area (Å²) in [6.07, 6.45) is 6.35. The fourth-order valence-electron chi connectivity index (χ4n) is 6.19. The molecule has 0 amide bonds. The Morgan fingerprint density at radius 1 is 1.17 bits per heavy atom. The molecule has 2 fully saturated rings. The van der Waals surface area contributed by atoms with E-state index in [4.69, 9.17) is 26.1 Å². The summed E-state index contributed by atoms with van der Waals surface area (Å²) in [5, 5.41) is 10.1. The van der Waals surface area contributed by atoms with Gasteiger partial charge in [0.2, 0.25) is 10.0 Å². The molecule has 1 aliphatic carbocycles. The van der Waals surface area contributed by atoms with Crippen molar-refractivity contribution in [1.29, 1.82) is 0 Å². The second kappa shape index (κ2) is 13.3. The van der Waals surface area contributed by atoms with E-state index in [-0.39, 0.29) is 52.4 Å². The number of allylic oxidation sites excluding steroid dienone is 1. The molecule has 0 spiro atoms. The van der Waals surface area contributed by atoms with E-state index in [1.54, 1.807) is 16.3 Å². The number of methoxy groups -OCH3 is 1.